The van der Waals surface area contributed by atoms with Crippen molar-refractivity contribution in [2.75, 3.05) is 0 Å². The number of nitrogens with zero attached hydrogens (tertiary/aromatic N) is 2. The van der Waals surface area contributed by atoms with E-state index >= 15 is 0 Å². The number of aromatic nitrogens is 2. The molecule has 1 aromatic heterocycles. The first kappa shape index (κ1) is 16.1. The molecule has 1 unspecified atom stereocenters. The van der Waals surface area contributed by atoms with Gasteiger partial charge in [0.1, 0.15) is 0 Å². The van der Waals surface area contributed by atoms with Gasteiger partial charge in [-0.3, -0.25) is 5.84 Å². The molecule has 0 saturated carbocycles. The molecule has 0 fully saturated rings. The van der Waals surface area contributed by atoms with Crippen LogP contribution in [0.4, 0.5) is 0 Å². The van der Waals surface area contributed by atoms with Crippen LogP contribution in [-0.4, -0.2) is 9.59 Å². The molecule has 21 heavy (non-hydrogen) atoms. The second kappa shape index (κ2) is 6.64. The second-order valence-electron chi connectivity index (χ2n) is 6.33. The smallest absolute Gasteiger partial charge is 0.0861 e. The van der Waals surface area contributed by atoms with Gasteiger partial charge < -0.3 is 0 Å². The van der Waals surface area contributed by atoms with Gasteiger partial charge in [-0.25, -0.2) is 5.43 Å². The molecule has 0 bridgehead atoms. The first-order valence-electron chi connectivity index (χ1n) is 7.35. The number of hydrogen-bond donors (Lipinski definition) is 2. The van der Waals surface area contributed by atoms with E-state index in [2.05, 4.69) is 67.0 Å². The summed E-state index contributed by atoms with van der Waals surface area (Å²) >= 11 is 1.42. The molecular weight excluding hydrogens is 280 g/mol. The lowest BCUT2D eigenvalue weighted by molar-refractivity contribution is 0.543. The molecule has 0 saturated heterocycles. The zero-order chi connectivity index (χ0) is 15.5. The first-order valence-corrected chi connectivity index (χ1v) is 8.12. The standard InChI is InChI=1S/C16H24N4S/c1-5-7-11-8-6-9-12(10-11)13(18-17)14-15(16(2,3)4)19-20-21-14/h6,8-10,13,18H,5,7,17H2,1-4H3. The topological polar surface area (TPSA) is 63.8 Å². The Morgan fingerprint density at radius 2 is 2.10 bits per heavy atom. The lowest BCUT2D eigenvalue weighted by Crippen LogP contribution is -2.30. The number of benzene rings is 1. The molecule has 0 aliphatic carbocycles. The van der Waals surface area contributed by atoms with E-state index in [0.717, 1.165) is 23.4 Å². The third-order valence-corrected chi connectivity index (χ3v) is 4.26. The van der Waals surface area contributed by atoms with Gasteiger partial charge in [-0.2, -0.15) is 0 Å². The summed E-state index contributed by atoms with van der Waals surface area (Å²) in [5.41, 5.74) is 6.40. The van der Waals surface area contributed by atoms with Crippen LogP contribution in [0.2, 0.25) is 0 Å². The number of nitrogens with one attached hydrogen (secondary N) is 1. The first-order chi connectivity index (χ1) is 9.97. The van der Waals surface area contributed by atoms with E-state index in [-0.39, 0.29) is 11.5 Å². The normalized spacial score (nSPS) is 13.4. The van der Waals surface area contributed by atoms with E-state index in [1.807, 2.05) is 0 Å². The minimum absolute atomic E-state index is 0.0432. The Kier molecular flexibility index (Phi) is 5.08. The summed E-state index contributed by atoms with van der Waals surface area (Å²) < 4.78 is 4.14. The third-order valence-electron chi connectivity index (χ3n) is 3.48. The van der Waals surface area contributed by atoms with Crippen molar-refractivity contribution in [2.45, 2.75) is 52.0 Å². The maximum Gasteiger partial charge on any atom is 0.0861 e. The van der Waals surface area contributed by atoms with Crippen LogP contribution in [0, 0.1) is 0 Å². The molecule has 0 radical (unpaired) electrons. The van der Waals surface area contributed by atoms with Crippen molar-refractivity contribution in [2.24, 2.45) is 5.84 Å². The van der Waals surface area contributed by atoms with Gasteiger partial charge in [0.05, 0.1) is 16.6 Å². The van der Waals surface area contributed by atoms with Crippen LogP contribution in [0.15, 0.2) is 24.3 Å². The maximum atomic E-state index is 5.83. The predicted octanol–water partition coefficient (Wildman–Crippen LogP) is 3.34. The second-order valence-corrected chi connectivity index (χ2v) is 7.12. The Balaban J connectivity index is 2.41. The average molecular weight is 304 g/mol. The molecule has 114 valence electrons. The van der Waals surface area contributed by atoms with Gasteiger partial charge in [0.15, 0.2) is 0 Å². The molecule has 1 atom stereocenters. The van der Waals surface area contributed by atoms with E-state index in [1.54, 1.807) is 0 Å². The average Bonchev–Trinajstić information content (AvgIpc) is 2.90. The molecule has 0 spiro atoms. The number of nitrogens with two attached hydrogens (primary N) is 1. The van der Waals surface area contributed by atoms with Gasteiger partial charge in [0.25, 0.3) is 0 Å². The Bertz CT molecular complexity index is 586. The summed E-state index contributed by atoms with van der Waals surface area (Å²) in [6.07, 6.45) is 2.22. The lowest BCUT2D eigenvalue weighted by Gasteiger charge is -2.22. The minimum Gasteiger partial charge on any atom is -0.271 e. The molecule has 2 aromatic rings. The molecule has 1 aromatic carbocycles. The minimum atomic E-state index is -0.0592. The largest absolute Gasteiger partial charge is 0.271 e. The van der Waals surface area contributed by atoms with Crippen LogP contribution in [0.5, 0.6) is 0 Å². The van der Waals surface area contributed by atoms with Crippen molar-refractivity contribution in [3.8, 4) is 0 Å². The fourth-order valence-corrected chi connectivity index (χ4v) is 3.40. The Hall–Kier alpha value is -1.30. The number of hydrogen-bond acceptors (Lipinski definition) is 5. The fraction of sp³-hybridized carbons (Fsp3) is 0.500. The Labute approximate surface area is 130 Å². The van der Waals surface area contributed by atoms with Crippen molar-refractivity contribution < 1.29 is 0 Å². The summed E-state index contributed by atoms with van der Waals surface area (Å²) in [5, 5.41) is 4.31. The molecule has 3 N–H and O–H groups in total. The van der Waals surface area contributed by atoms with E-state index in [0.29, 0.717) is 0 Å². The van der Waals surface area contributed by atoms with Crippen molar-refractivity contribution in [3.05, 3.63) is 46.0 Å². The number of aryl methyl sites for hydroxylation is 1. The molecule has 2 rings (SSSR count). The molecule has 4 nitrogen and oxygen atoms in total. The number of rotatable bonds is 5. The predicted molar refractivity (Wildman–Crippen MR) is 88.2 cm³/mol. The van der Waals surface area contributed by atoms with E-state index in [9.17, 15) is 0 Å². The summed E-state index contributed by atoms with van der Waals surface area (Å²) in [5.74, 6) is 5.83. The van der Waals surface area contributed by atoms with Gasteiger partial charge in [-0.15, -0.1) is 5.10 Å². The van der Waals surface area contributed by atoms with Gasteiger partial charge in [-0.1, -0.05) is 62.9 Å². The molecule has 0 amide bonds. The van der Waals surface area contributed by atoms with E-state index < -0.39 is 0 Å². The van der Waals surface area contributed by atoms with Crippen LogP contribution < -0.4 is 11.3 Å². The lowest BCUT2D eigenvalue weighted by atomic mass is 9.88. The molecule has 1 heterocycles. The van der Waals surface area contributed by atoms with E-state index in [4.69, 9.17) is 5.84 Å². The van der Waals surface area contributed by atoms with Crippen molar-refractivity contribution >= 4 is 11.5 Å². The highest BCUT2D eigenvalue weighted by molar-refractivity contribution is 7.05. The molecular formula is C16H24N4S. The quantitative estimate of drug-likeness (QED) is 0.657. The van der Waals surface area contributed by atoms with Crippen LogP contribution in [0.1, 0.15) is 61.9 Å². The monoisotopic (exact) mass is 304 g/mol. The SMILES string of the molecule is CCCc1cccc(C(NN)c2snnc2C(C)(C)C)c1. The summed E-state index contributed by atoms with van der Waals surface area (Å²) in [7, 11) is 0. The molecule has 0 aliphatic heterocycles. The van der Waals surface area contributed by atoms with Crippen LogP contribution in [-0.2, 0) is 11.8 Å². The van der Waals surface area contributed by atoms with Crippen LogP contribution in [0.25, 0.3) is 0 Å². The Morgan fingerprint density at radius 3 is 2.71 bits per heavy atom. The van der Waals surface area contributed by atoms with Gasteiger partial charge in [0.2, 0.25) is 0 Å². The molecule has 0 aliphatic rings. The van der Waals surface area contributed by atoms with E-state index in [1.165, 1.54) is 22.7 Å². The molecule has 5 heteroatoms. The summed E-state index contributed by atoms with van der Waals surface area (Å²) in [6.45, 7) is 8.63. The van der Waals surface area contributed by atoms with Crippen molar-refractivity contribution in [1.29, 1.82) is 0 Å². The third kappa shape index (κ3) is 3.67. The zero-order valence-electron chi connectivity index (χ0n) is 13.2. The maximum absolute atomic E-state index is 5.83. The van der Waals surface area contributed by atoms with Crippen LogP contribution in [0.3, 0.4) is 0 Å². The zero-order valence-corrected chi connectivity index (χ0v) is 14.0. The summed E-state index contributed by atoms with van der Waals surface area (Å²) in [4.78, 5) is 1.10. The van der Waals surface area contributed by atoms with Crippen molar-refractivity contribution in [3.63, 3.8) is 0 Å². The van der Waals surface area contributed by atoms with Gasteiger partial charge >= 0.3 is 0 Å². The van der Waals surface area contributed by atoms with Gasteiger partial charge in [-0.05, 0) is 29.1 Å². The fourth-order valence-electron chi connectivity index (χ4n) is 2.45. The number of hydrazine groups is 1. The highest BCUT2D eigenvalue weighted by Gasteiger charge is 2.27. The summed E-state index contributed by atoms with van der Waals surface area (Å²) in [6, 6.07) is 8.53. The highest BCUT2D eigenvalue weighted by atomic mass is 32.1. The van der Waals surface area contributed by atoms with Crippen molar-refractivity contribution in [1.82, 2.24) is 15.0 Å². The van der Waals surface area contributed by atoms with Gasteiger partial charge in [0, 0.05) is 5.41 Å². The Morgan fingerprint density at radius 1 is 1.33 bits per heavy atom. The van der Waals surface area contributed by atoms with Crippen LogP contribution >= 0.6 is 11.5 Å². The highest BCUT2D eigenvalue weighted by Crippen LogP contribution is 2.33.